The van der Waals surface area contributed by atoms with E-state index in [9.17, 15) is 17.2 Å². The number of sulfonamides is 1. The van der Waals surface area contributed by atoms with Gasteiger partial charge in [-0.2, -0.15) is 5.10 Å². The Morgan fingerprint density at radius 1 is 1.08 bits per heavy atom. The summed E-state index contributed by atoms with van der Waals surface area (Å²) in [6.45, 7) is 0.455. The van der Waals surface area contributed by atoms with Crippen LogP contribution < -0.4 is 4.72 Å². The lowest BCUT2D eigenvalue weighted by Gasteiger charge is -2.07. The van der Waals surface area contributed by atoms with Gasteiger partial charge in [-0.25, -0.2) is 17.2 Å². The third kappa shape index (κ3) is 3.60. The number of rotatable bonds is 5. The Bertz CT molecular complexity index is 956. The van der Waals surface area contributed by atoms with Gasteiger partial charge >= 0.3 is 0 Å². The van der Waals surface area contributed by atoms with Gasteiger partial charge in [-0.3, -0.25) is 9.40 Å². The molecule has 2 aromatic carbocycles. The van der Waals surface area contributed by atoms with E-state index >= 15 is 0 Å². The van der Waals surface area contributed by atoms with Crippen molar-refractivity contribution < 1.29 is 17.2 Å². The van der Waals surface area contributed by atoms with E-state index in [1.807, 2.05) is 30.3 Å². The number of halogens is 2. The summed E-state index contributed by atoms with van der Waals surface area (Å²) < 4.78 is 54.9. The Morgan fingerprint density at radius 3 is 2.58 bits per heavy atom. The van der Waals surface area contributed by atoms with Crippen LogP contribution in [0, 0.1) is 11.6 Å². The maximum Gasteiger partial charge on any atom is 0.265 e. The standard InChI is InChI=1S/C16H13F2N3O2S/c17-13-6-7-15(18)16(8-13)24(22,23)20-14-9-19-21(11-14)10-12-4-2-1-3-5-12/h1-9,11,20H,10H2. The van der Waals surface area contributed by atoms with E-state index < -0.39 is 26.6 Å². The van der Waals surface area contributed by atoms with Crippen molar-refractivity contribution in [3.63, 3.8) is 0 Å². The first-order valence-corrected chi connectivity index (χ1v) is 8.46. The van der Waals surface area contributed by atoms with Crippen LogP contribution in [-0.4, -0.2) is 18.2 Å². The molecule has 0 atom stereocenters. The van der Waals surface area contributed by atoms with Gasteiger partial charge in [0.25, 0.3) is 10.0 Å². The van der Waals surface area contributed by atoms with Crippen molar-refractivity contribution in [2.45, 2.75) is 11.4 Å². The van der Waals surface area contributed by atoms with E-state index in [-0.39, 0.29) is 5.69 Å². The highest BCUT2D eigenvalue weighted by molar-refractivity contribution is 7.92. The molecule has 0 fully saturated rings. The Balaban J connectivity index is 1.80. The Morgan fingerprint density at radius 2 is 1.83 bits per heavy atom. The van der Waals surface area contributed by atoms with Crippen LogP contribution in [0.4, 0.5) is 14.5 Å². The summed E-state index contributed by atoms with van der Waals surface area (Å²) in [5, 5.41) is 4.05. The molecule has 0 bridgehead atoms. The minimum atomic E-state index is -4.24. The largest absolute Gasteiger partial charge is 0.276 e. The van der Waals surface area contributed by atoms with Gasteiger partial charge in [0.15, 0.2) is 0 Å². The maximum absolute atomic E-state index is 13.7. The van der Waals surface area contributed by atoms with Crippen molar-refractivity contribution in [2.75, 3.05) is 4.72 Å². The first-order valence-electron chi connectivity index (χ1n) is 6.98. The minimum Gasteiger partial charge on any atom is -0.276 e. The normalized spacial score (nSPS) is 11.4. The van der Waals surface area contributed by atoms with Crippen molar-refractivity contribution in [1.29, 1.82) is 0 Å². The number of hydrogen-bond donors (Lipinski definition) is 1. The smallest absolute Gasteiger partial charge is 0.265 e. The molecule has 8 heteroatoms. The molecule has 0 aliphatic carbocycles. The van der Waals surface area contributed by atoms with Gasteiger partial charge in [-0.15, -0.1) is 0 Å². The quantitative estimate of drug-likeness (QED) is 0.770. The number of nitrogens with zero attached hydrogens (tertiary/aromatic N) is 2. The summed E-state index contributed by atoms with van der Waals surface area (Å²) in [7, 11) is -4.24. The van der Waals surface area contributed by atoms with Crippen LogP contribution in [0.15, 0.2) is 65.8 Å². The first-order chi connectivity index (χ1) is 11.4. The molecule has 0 aliphatic heterocycles. The molecule has 0 spiro atoms. The summed E-state index contributed by atoms with van der Waals surface area (Å²) >= 11 is 0. The fourth-order valence-corrected chi connectivity index (χ4v) is 3.28. The molecule has 1 N–H and O–H groups in total. The fourth-order valence-electron chi connectivity index (χ4n) is 2.17. The number of anilines is 1. The molecule has 0 radical (unpaired) electrons. The lowest BCUT2D eigenvalue weighted by molar-refractivity contribution is 0.555. The summed E-state index contributed by atoms with van der Waals surface area (Å²) in [5.74, 6) is -1.86. The molecule has 3 rings (SSSR count). The monoisotopic (exact) mass is 349 g/mol. The van der Waals surface area contributed by atoms with Crippen molar-refractivity contribution in [1.82, 2.24) is 9.78 Å². The molecule has 24 heavy (non-hydrogen) atoms. The van der Waals surface area contributed by atoms with E-state index in [1.54, 1.807) is 0 Å². The predicted molar refractivity (Wildman–Crippen MR) is 84.9 cm³/mol. The predicted octanol–water partition coefficient (Wildman–Crippen LogP) is 3.01. The van der Waals surface area contributed by atoms with Crippen LogP contribution >= 0.6 is 0 Å². The zero-order valence-electron chi connectivity index (χ0n) is 12.4. The van der Waals surface area contributed by atoms with E-state index in [4.69, 9.17) is 0 Å². The molecule has 5 nitrogen and oxygen atoms in total. The highest BCUT2D eigenvalue weighted by Gasteiger charge is 2.20. The summed E-state index contributed by atoms with van der Waals surface area (Å²) in [6, 6.07) is 11.7. The van der Waals surface area contributed by atoms with E-state index in [0.717, 1.165) is 17.7 Å². The highest BCUT2D eigenvalue weighted by atomic mass is 32.2. The second-order valence-corrected chi connectivity index (χ2v) is 6.74. The van der Waals surface area contributed by atoms with Crippen molar-refractivity contribution in [3.8, 4) is 0 Å². The Hall–Kier alpha value is -2.74. The molecule has 124 valence electrons. The SMILES string of the molecule is O=S(=O)(Nc1cnn(Cc2ccccc2)c1)c1cc(F)ccc1F. The molecule has 1 aromatic heterocycles. The van der Waals surface area contributed by atoms with Gasteiger partial charge in [-0.1, -0.05) is 30.3 Å². The van der Waals surface area contributed by atoms with Crippen LogP contribution in [0.25, 0.3) is 0 Å². The molecule has 0 saturated heterocycles. The zero-order valence-corrected chi connectivity index (χ0v) is 13.2. The number of nitrogens with one attached hydrogen (secondary N) is 1. The van der Waals surface area contributed by atoms with Crippen LogP contribution in [-0.2, 0) is 16.6 Å². The fraction of sp³-hybridized carbons (Fsp3) is 0.0625. The maximum atomic E-state index is 13.7. The van der Waals surface area contributed by atoms with Gasteiger partial charge in [0, 0.05) is 6.20 Å². The van der Waals surface area contributed by atoms with Crippen molar-refractivity contribution in [2.24, 2.45) is 0 Å². The van der Waals surface area contributed by atoms with Crippen molar-refractivity contribution in [3.05, 3.63) is 78.1 Å². The second kappa shape index (κ2) is 6.40. The average Bonchev–Trinajstić information content (AvgIpc) is 2.97. The van der Waals surface area contributed by atoms with Gasteiger partial charge in [-0.05, 0) is 23.8 Å². The molecule has 0 saturated carbocycles. The molecule has 3 aromatic rings. The summed E-state index contributed by atoms with van der Waals surface area (Å²) in [5.41, 5.74) is 1.15. The van der Waals surface area contributed by atoms with Gasteiger partial charge in [0.1, 0.15) is 16.5 Å². The lowest BCUT2D eigenvalue weighted by Crippen LogP contribution is -2.14. The topological polar surface area (TPSA) is 64.0 Å². The van der Waals surface area contributed by atoms with Gasteiger partial charge in [0.2, 0.25) is 0 Å². The Labute approximate surface area is 137 Å². The lowest BCUT2D eigenvalue weighted by atomic mass is 10.2. The van der Waals surface area contributed by atoms with Crippen molar-refractivity contribution >= 4 is 15.7 Å². The number of aromatic nitrogens is 2. The summed E-state index contributed by atoms with van der Waals surface area (Å²) in [4.78, 5) is -0.752. The van der Waals surface area contributed by atoms with Crippen LogP contribution in [0.3, 0.4) is 0 Å². The third-order valence-corrected chi connectivity index (χ3v) is 4.65. The molecule has 0 amide bonds. The average molecular weight is 349 g/mol. The van der Waals surface area contributed by atoms with Crippen LogP contribution in [0.2, 0.25) is 0 Å². The molecule has 1 heterocycles. The first kappa shape index (κ1) is 16.1. The number of hydrogen-bond acceptors (Lipinski definition) is 3. The van der Waals surface area contributed by atoms with Gasteiger partial charge in [0.05, 0.1) is 18.4 Å². The molecular formula is C16H13F2N3O2S. The van der Waals surface area contributed by atoms with Crippen LogP contribution in [0.1, 0.15) is 5.56 Å². The second-order valence-electron chi connectivity index (χ2n) is 5.09. The zero-order chi connectivity index (χ0) is 17.2. The number of benzene rings is 2. The van der Waals surface area contributed by atoms with Gasteiger partial charge < -0.3 is 0 Å². The third-order valence-electron chi connectivity index (χ3n) is 3.26. The van der Waals surface area contributed by atoms with E-state index in [1.165, 1.54) is 17.1 Å². The Kier molecular flexibility index (Phi) is 4.30. The van der Waals surface area contributed by atoms with Crippen LogP contribution in [0.5, 0.6) is 0 Å². The summed E-state index contributed by atoms with van der Waals surface area (Å²) in [6.07, 6.45) is 2.78. The molecular weight excluding hydrogens is 336 g/mol. The highest BCUT2D eigenvalue weighted by Crippen LogP contribution is 2.19. The molecule has 0 unspecified atom stereocenters. The van der Waals surface area contributed by atoms with E-state index in [2.05, 4.69) is 9.82 Å². The minimum absolute atomic E-state index is 0.162. The molecule has 0 aliphatic rings. The van der Waals surface area contributed by atoms with E-state index in [0.29, 0.717) is 12.6 Å².